The summed E-state index contributed by atoms with van der Waals surface area (Å²) in [7, 11) is 0. The number of fused-ring (bicyclic) bond motifs is 6. The van der Waals surface area contributed by atoms with Gasteiger partial charge in [-0.25, -0.2) is 4.98 Å². The fraction of sp³-hybridized carbons (Fsp3) is 0.113. The molecule has 0 saturated heterocycles. The van der Waals surface area contributed by atoms with Gasteiger partial charge in [0, 0.05) is 44.1 Å². The number of para-hydroxylation sites is 3. The van der Waals surface area contributed by atoms with Crippen molar-refractivity contribution in [3.8, 4) is 33.4 Å². The highest BCUT2D eigenvalue weighted by Gasteiger charge is 2.30. The summed E-state index contributed by atoms with van der Waals surface area (Å²) in [6, 6.07) is 64.0. The van der Waals surface area contributed by atoms with E-state index in [1.807, 2.05) is 6.20 Å². The van der Waals surface area contributed by atoms with Gasteiger partial charge >= 0.3 is 0 Å². The molecular weight excluding hydrogens is 725 g/mol. The molecule has 0 aliphatic carbocycles. The molecule has 0 atom stereocenters. The van der Waals surface area contributed by atoms with Crippen LogP contribution in [0.15, 0.2) is 192 Å². The summed E-state index contributed by atoms with van der Waals surface area (Å²) in [5, 5.41) is 0. The summed E-state index contributed by atoms with van der Waals surface area (Å²) in [5.74, 6) is 0.896. The van der Waals surface area contributed by atoms with Crippen molar-refractivity contribution in [3.63, 3.8) is 0 Å². The second kappa shape index (κ2) is 14.4. The summed E-state index contributed by atoms with van der Waals surface area (Å²) >= 11 is 1.80. The van der Waals surface area contributed by atoms with Crippen LogP contribution < -0.4 is 14.7 Å². The van der Waals surface area contributed by atoms with E-state index in [4.69, 9.17) is 4.98 Å². The number of hydrogen-bond acceptors (Lipinski definition) is 5. The molecule has 0 bridgehead atoms. The highest BCUT2D eigenvalue weighted by Crippen LogP contribution is 2.52. The number of hydrogen-bond donors (Lipinski definition) is 0. The van der Waals surface area contributed by atoms with Crippen molar-refractivity contribution in [2.45, 2.75) is 42.9 Å². The van der Waals surface area contributed by atoms with E-state index in [1.54, 1.807) is 11.8 Å². The Hall–Kier alpha value is -6.56. The lowest BCUT2D eigenvalue weighted by molar-refractivity contribution is 0.590. The molecule has 8 aromatic rings. The number of nitrogens with zero attached hydrogens (tertiary/aromatic N) is 4. The fourth-order valence-electron chi connectivity index (χ4n) is 8.45. The van der Waals surface area contributed by atoms with E-state index >= 15 is 0 Å². The standard InChI is InChI=1S/C53H44N4S/c1-36-31-52(54-34-47(36)37-15-6-5-7-16-37)57-48-22-11-10-21-45(48)43-19-8-9-20-44(43)46-30-29-42(33-51(46)57)58-41-18-14-17-40(32-41)56-35-55(49-23-12-13-24-50(49)56)39-27-25-38(26-28-39)53(2,3)4/h5-34H,35H2,1-4H3. The monoisotopic (exact) mass is 768 g/mol. The zero-order chi connectivity index (χ0) is 39.4. The third kappa shape index (κ3) is 6.42. The molecule has 0 amide bonds. The van der Waals surface area contributed by atoms with Gasteiger partial charge in [-0.3, -0.25) is 4.90 Å². The summed E-state index contributed by atoms with van der Waals surface area (Å²) in [6.07, 6.45) is 2.03. The SMILES string of the molecule is Cc1cc(N2c3ccccc3-c3ccccc3-c3ccc(Sc4cccc(N5CN(c6ccc(C(C)(C)C)cc6)c6ccccc65)c4)cc32)ncc1-c1ccccc1. The van der Waals surface area contributed by atoms with Crippen LogP contribution in [0, 0.1) is 6.92 Å². The molecular formula is C53H44N4S. The Balaban J connectivity index is 1.02. The van der Waals surface area contributed by atoms with Crippen LogP contribution in [-0.4, -0.2) is 11.7 Å². The van der Waals surface area contributed by atoms with E-state index in [2.05, 4.69) is 218 Å². The number of rotatable bonds is 6. The molecule has 0 radical (unpaired) electrons. The maximum atomic E-state index is 5.18. The quantitative estimate of drug-likeness (QED) is 0.168. The Morgan fingerprint density at radius 2 is 1.09 bits per heavy atom. The first-order valence-corrected chi connectivity index (χ1v) is 20.8. The highest BCUT2D eigenvalue weighted by molar-refractivity contribution is 7.99. The number of aryl methyl sites for hydroxylation is 1. The molecule has 0 saturated carbocycles. The molecule has 58 heavy (non-hydrogen) atoms. The molecule has 2 aliphatic rings. The predicted octanol–water partition coefficient (Wildman–Crippen LogP) is 14.9. The third-order valence-electron chi connectivity index (χ3n) is 11.4. The van der Waals surface area contributed by atoms with Crippen molar-refractivity contribution in [3.05, 3.63) is 193 Å². The Morgan fingerprint density at radius 3 is 1.78 bits per heavy atom. The molecule has 4 nitrogen and oxygen atoms in total. The van der Waals surface area contributed by atoms with Crippen LogP contribution in [0.2, 0.25) is 0 Å². The average Bonchev–Trinajstić information content (AvgIpc) is 3.59. The Kier molecular flexibility index (Phi) is 8.91. The van der Waals surface area contributed by atoms with E-state index in [0.717, 1.165) is 34.3 Å². The third-order valence-corrected chi connectivity index (χ3v) is 12.4. The van der Waals surface area contributed by atoms with Crippen LogP contribution in [0.3, 0.4) is 0 Å². The summed E-state index contributed by atoms with van der Waals surface area (Å²) in [4.78, 5) is 14.7. The first kappa shape index (κ1) is 35.8. The van der Waals surface area contributed by atoms with Gasteiger partial charge in [-0.15, -0.1) is 0 Å². The molecule has 3 heterocycles. The van der Waals surface area contributed by atoms with Gasteiger partial charge in [0.1, 0.15) is 12.5 Å². The minimum atomic E-state index is 0.111. The Labute approximate surface area is 346 Å². The van der Waals surface area contributed by atoms with Crippen LogP contribution in [0.25, 0.3) is 33.4 Å². The lowest BCUT2D eigenvalue weighted by Gasteiger charge is -2.27. The molecule has 282 valence electrons. The highest BCUT2D eigenvalue weighted by atomic mass is 32.2. The van der Waals surface area contributed by atoms with E-state index in [-0.39, 0.29) is 5.41 Å². The number of anilines is 7. The Morgan fingerprint density at radius 1 is 0.483 bits per heavy atom. The first-order chi connectivity index (χ1) is 28.3. The predicted molar refractivity (Wildman–Crippen MR) is 245 cm³/mol. The van der Waals surface area contributed by atoms with Crippen LogP contribution in [0.5, 0.6) is 0 Å². The van der Waals surface area contributed by atoms with Gasteiger partial charge in [0.25, 0.3) is 0 Å². The molecule has 2 aliphatic heterocycles. The maximum absolute atomic E-state index is 5.18. The number of aromatic nitrogens is 1. The number of benzene rings is 7. The van der Waals surface area contributed by atoms with Crippen molar-refractivity contribution in [2.24, 2.45) is 0 Å². The molecule has 7 aromatic carbocycles. The largest absolute Gasteiger partial charge is 0.321 e. The van der Waals surface area contributed by atoms with Crippen molar-refractivity contribution in [1.82, 2.24) is 4.98 Å². The smallest absolute Gasteiger partial charge is 0.137 e. The molecule has 5 heteroatoms. The van der Waals surface area contributed by atoms with Crippen molar-refractivity contribution in [1.29, 1.82) is 0 Å². The molecule has 0 N–H and O–H groups in total. The van der Waals surface area contributed by atoms with E-state index < -0.39 is 0 Å². The summed E-state index contributed by atoms with van der Waals surface area (Å²) in [6.45, 7) is 9.73. The van der Waals surface area contributed by atoms with Gasteiger partial charge in [0.2, 0.25) is 0 Å². The van der Waals surface area contributed by atoms with Crippen molar-refractivity contribution < 1.29 is 0 Å². The van der Waals surface area contributed by atoms with Crippen molar-refractivity contribution >= 4 is 51.7 Å². The Bertz CT molecular complexity index is 2810. The normalized spacial score (nSPS) is 13.1. The zero-order valence-electron chi connectivity index (χ0n) is 33.2. The van der Waals surface area contributed by atoms with Gasteiger partial charge in [0.15, 0.2) is 0 Å². The average molecular weight is 769 g/mol. The molecule has 10 rings (SSSR count). The van der Waals surface area contributed by atoms with Gasteiger partial charge in [-0.05, 0) is 107 Å². The van der Waals surface area contributed by atoms with Crippen LogP contribution in [0.1, 0.15) is 31.9 Å². The summed E-state index contributed by atoms with van der Waals surface area (Å²) in [5.41, 5.74) is 16.8. The number of pyridine rings is 1. The van der Waals surface area contributed by atoms with E-state index in [0.29, 0.717) is 0 Å². The summed E-state index contributed by atoms with van der Waals surface area (Å²) < 4.78 is 0. The topological polar surface area (TPSA) is 22.6 Å². The maximum Gasteiger partial charge on any atom is 0.137 e. The molecule has 0 spiro atoms. The second-order valence-electron chi connectivity index (χ2n) is 16.2. The van der Waals surface area contributed by atoms with Gasteiger partial charge in [-0.2, -0.15) is 0 Å². The second-order valence-corrected chi connectivity index (χ2v) is 17.3. The van der Waals surface area contributed by atoms with Gasteiger partial charge < -0.3 is 9.80 Å². The molecule has 1 aromatic heterocycles. The van der Waals surface area contributed by atoms with Crippen LogP contribution >= 0.6 is 11.8 Å². The molecule has 0 unspecified atom stereocenters. The van der Waals surface area contributed by atoms with E-state index in [1.165, 1.54) is 66.6 Å². The van der Waals surface area contributed by atoms with Crippen LogP contribution in [-0.2, 0) is 5.41 Å². The van der Waals surface area contributed by atoms with Crippen molar-refractivity contribution in [2.75, 3.05) is 21.4 Å². The zero-order valence-corrected chi connectivity index (χ0v) is 34.0. The minimum absolute atomic E-state index is 0.111. The van der Waals surface area contributed by atoms with Gasteiger partial charge in [0.05, 0.1) is 22.7 Å². The lowest BCUT2D eigenvalue weighted by Crippen LogP contribution is -2.24. The minimum Gasteiger partial charge on any atom is -0.321 e. The first-order valence-electron chi connectivity index (χ1n) is 20.0. The van der Waals surface area contributed by atoms with Gasteiger partial charge in [-0.1, -0.05) is 142 Å². The molecule has 0 fully saturated rings. The van der Waals surface area contributed by atoms with Crippen LogP contribution in [0.4, 0.5) is 39.9 Å². The fourth-order valence-corrected chi connectivity index (χ4v) is 9.35. The van der Waals surface area contributed by atoms with E-state index in [9.17, 15) is 0 Å². The lowest BCUT2D eigenvalue weighted by atomic mass is 9.87.